The smallest absolute Gasteiger partial charge is 0.121 e. The van der Waals surface area contributed by atoms with E-state index in [1.807, 2.05) is 35.7 Å². The van der Waals surface area contributed by atoms with Gasteiger partial charge < -0.3 is 10.1 Å². The lowest BCUT2D eigenvalue weighted by molar-refractivity contribution is 0.313. The molecule has 0 aliphatic rings. The van der Waals surface area contributed by atoms with Crippen LogP contribution in [0, 0.1) is 22.7 Å². The first-order valence-corrected chi connectivity index (χ1v) is 7.51. The largest absolute Gasteiger partial charge is 0.493 e. The summed E-state index contributed by atoms with van der Waals surface area (Å²) >= 11 is 1.57. The minimum atomic E-state index is 0.511. The van der Waals surface area contributed by atoms with Crippen molar-refractivity contribution in [2.45, 2.75) is 19.4 Å². The van der Waals surface area contributed by atoms with Crippen molar-refractivity contribution in [2.24, 2.45) is 0 Å². The Morgan fingerprint density at radius 2 is 2.14 bits per heavy atom. The molecule has 5 heteroatoms. The van der Waals surface area contributed by atoms with Crippen molar-refractivity contribution in [3.8, 4) is 17.9 Å². The highest BCUT2D eigenvalue weighted by Gasteiger charge is 2.00. The molecule has 0 unspecified atom stereocenters. The summed E-state index contributed by atoms with van der Waals surface area (Å²) in [7, 11) is 0. The van der Waals surface area contributed by atoms with Crippen LogP contribution < -0.4 is 10.1 Å². The van der Waals surface area contributed by atoms with Crippen LogP contribution in [0.25, 0.3) is 0 Å². The van der Waals surface area contributed by atoms with Crippen molar-refractivity contribution in [3.05, 3.63) is 46.2 Å². The number of benzene rings is 1. The van der Waals surface area contributed by atoms with Gasteiger partial charge in [0.05, 0.1) is 18.2 Å². The van der Waals surface area contributed by atoms with Crippen LogP contribution in [-0.4, -0.2) is 6.61 Å². The van der Waals surface area contributed by atoms with Gasteiger partial charge in [-0.05, 0) is 24.6 Å². The Bertz CT molecular complexity index is 667. The lowest BCUT2D eigenvalue weighted by Crippen LogP contribution is -2.00. The normalized spacial score (nSPS) is 9.62. The monoisotopic (exact) mass is 297 g/mol. The number of unbranched alkanes of at least 4 members (excludes halogenated alkanes) is 1. The number of thiophene rings is 1. The van der Waals surface area contributed by atoms with E-state index >= 15 is 0 Å². The molecule has 0 saturated heterocycles. The van der Waals surface area contributed by atoms with Gasteiger partial charge in [0.1, 0.15) is 11.8 Å². The van der Waals surface area contributed by atoms with Crippen molar-refractivity contribution < 1.29 is 4.74 Å². The van der Waals surface area contributed by atoms with Crippen LogP contribution in [0.1, 0.15) is 23.3 Å². The van der Waals surface area contributed by atoms with Crippen molar-refractivity contribution in [1.29, 1.82) is 10.5 Å². The van der Waals surface area contributed by atoms with Crippen LogP contribution in [0.2, 0.25) is 0 Å². The molecule has 0 aliphatic heterocycles. The van der Waals surface area contributed by atoms with Crippen LogP contribution in [0.5, 0.6) is 5.75 Å². The Hall–Kier alpha value is -2.50. The molecular formula is C16H15N3OS. The van der Waals surface area contributed by atoms with Crippen LogP contribution in [0.4, 0.5) is 5.69 Å². The van der Waals surface area contributed by atoms with Gasteiger partial charge in [-0.2, -0.15) is 10.5 Å². The summed E-state index contributed by atoms with van der Waals surface area (Å²) in [6.45, 7) is 1.23. The maximum Gasteiger partial charge on any atom is 0.121 e. The second-order valence-electron chi connectivity index (χ2n) is 4.41. The minimum absolute atomic E-state index is 0.511. The Labute approximate surface area is 128 Å². The first kappa shape index (κ1) is 14.9. The summed E-state index contributed by atoms with van der Waals surface area (Å²) in [4.78, 5) is 1.12. The summed E-state index contributed by atoms with van der Waals surface area (Å²) < 4.78 is 5.59. The maximum atomic E-state index is 8.79. The zero-order chi connectivity index (χ0) is 14.9. The highest BCUT2D eigenvalue weighted by Crippen LogP contribution is 2.20. The van der Waals surface area contributed by atoms with E-state index in [1.54, 1.807) is 11.3 Å². The number of rotatable bonds is 7. The van der Waals surface area contributed by atoms with Crippen LogP contribution in [0.3, 0.4) is 0 Å². The predicted molar refractivity (Wildman–Crippen MR) is 83.1 cm³/mol. The van der Waals surface area contributed by atoms with Crippen LogP contribution in [0.15, 0.2) is 35.7 Å². The van der Waals surface area contributed by atoms with Gasteiger partial charge in [-0.15, -0.1) is 11.3 Å². The van der Waals surface area contributed by atoms with Crippen molar-refractivity contribution >= 4 is 17.0 Å². The summed E-state index contributed by atoms with van der Waals surface area (Å²) in [6.07, 6.45) is 1.25. The standard InChI is InChI=1S/C16H15N3OS/c17-6-1-2-7-20-15-5-3-4-14(9-15)19-11-16-8-13(10-18)12-21-16/h3-5,8-9,12,19H,1-2,7,11H2. The molecule has 2 rings (SSSR count). The number of anilines is 1. The van der Waals surface area contributed by atoms with Gasteiger partial charge in [0.2, 0.25) is 0 Å². The average molecular weight is 297 g/mol. The first-order chi connectivity index (χ1) is 10.3. The lowest BCUT2D eigenvalue weighted by atomic mass is 10.3. The molecule has 0 atom stereocenters. The highest BCUT2D eigenvalue weighted by molar-refractivity contribution is 7.10. The van der Waals surface area contributed by atoms with E-state index in [9.17, 15) is 0 Å². The average Bonchev–Trinajstić information content (AvgIpc) is 2.98. The van der Waals surface area contributed by atoms with E-state index in [1.165, 1.54) is 0 Å². The predicted octanol–water partition coefficient (Wildman–Crippen LogP) is 3.91. The van der Waals surface area contributed by atoms with E-state index in [0.29, 0.717) is 25.1 Å². The topological polar surface area (TPSA) is 68.8 Å². The molecule has 0 spiro atoms. The minimum Gasteiger partial charge on any atom is -0.493 e. The summed E-state index contributed by atoms with van der Waals surface area (Å²) in [5.41, 5.74) is 1.67. The first-order valence-electron chi connectivity index (χ1n) is 6.63. The molecule has 1 aromatic heterocycles. The molecule has 1 N–H and O–H groups in total. The SMILES string of the molecule is N#CCCCOc1cccc(NCc2cc(C#N)cs2)c1. The molecule has 0 bridgehead atoms. The van der Waals surface area contributed by atoms with Gasteiger partial charge in [-0.1, -0.05) is 6.07 Å². The molecule has 4 nitrogen and oxygen atoms in total. The van der Waals surface area contributed by atoms with E-state index in [4.69, 9.17) is 15.3 Å². The second kappa shape index (κ2) is 7.94. The fourth-order valence-electron chi connectivity index (χ4n) is 1.76. The van der Waals surface area contributed by atoms with Crippen molar-refractivity contribution in [1.82, 2.24) is 0 Å². The lowest BCUT2D eigenvalue weighted by Gasteiger charge is -2.08. The Morgan fingerprint density at radius 1 is 1.24 bits per heavy atom. The maximum absolute atomic E-state index is 8.79. The van der Waals surface area contributed by atoms with Gasteiger partial charge in [0.25, 0.3) is 0 Å². The van der Waals surface area contributed by atoms with Crippen molar-refractivity contribution in [3.63, 3.8) is 0 Å². The molecule has 1 heterocycles. The zero-order valence-corrected chi connectivity index (χ0v) is 12.3. The molecule has 0 radical (unpaired) electrons. The van der Waals surface area contributed by atoms with E-state index in [-0.39, 0.29) is 0 Å². The number of hydrogen-bond donors (Lipinski definition) is 1. The Kier molecular flexibility index (Phi) is 5.63. The number of ether oxygens (including phenoxy) is 1. The Balaban J connectivity index is 1.86. The van der Waals surface area contributed by atoms with Gasteiger partial charge in [-0.25, -0.2) is 0 Å². The Morgan fingerprint density at radius 3 is 2.90 bits per heavy atom. The quantitative estimate of drug-likeness (QED) is 0.787. The fourth-order valence-corrected chi connectivity index (χ4v) is 2.51. The second-order valence-corrected chi connectivity index (χ2v) is 5.40. The van der Waals surface area contributed by atoms with E-state index in [0.717, 1.165) is 22.7 Å². The number of nitriles is 2. The molecule has 0 fully saturated rings. The molecule has 0 amide bonds. The molecule has 2 aromatic rings. The third kappa shape index (κ3) is 4.83. The highest BCUT2D eigenvalue weighted by atomic mass is 32.1. The summed E-state index contributed by atoms with van der Waals surface area (Å²) in [5, 5.41) is 22.4. The third-order valence-electron chi connectivity index (χ3n) is 2.79. The molecule has 1 aromatic carbocycles. The van der Waals surface area contributed by atoms with Gasteiger partial charge in [-0.3, -0.25) is 0 Å². The van der Waals surface area contributed by atoms with Gasteiger partial charge in [0.15, 0.2) is 0 Å². The molecule has 0 saturated carbocycles. The number of nitrogens with one attached hydrogen (secondary N) is 1. The number of nitrogens with zero attached hydrogens (tertiary/aromatic N) is 2. The molecule has 106 valence electrons. The van der Waals surface area contributed by atoms with Crippen molar-refractivity contribution in [2.75, 3.05) is 11.9 Å². The zero-order valence-electron chi connectivity index (χ0n) is 11.5. The number of hydrogen-bond acceptors (Lipinski definition) is 5. The molecule has 0 aliphatic carbocycles. The van der Waals surface area contributed by atoms with Gasteiger partial charge >= 0.3 is 0 Å². The van der Waals surface area contributed by atoms with Crippen LogP contribution in [-0.2, 0) is 6.54 Å². The van der Waals surface area contributed by atoms with E-state index < -0.39 is 0 Å². The molecular weight excluding hydrogens is 282 g/mol. The van der Waals surface area contributed by atoms with Gasteiger partial charge in [0, 0.05) is 35.0 Å². The summed E-state index contributed by atoms with van der Waals surface area (Å²) in [6, 6.07) is 13.8. The fraction of sp³-hybridized carbons (Fsp3) is 0.250. The summed E-state index contributed by atoms with van der Waals surface area (Å²) in [5.74, 6) is 0.793. The molecule has 21 heavy (non-hydrogen) atoms. The third-order valence-corrected chi connectivity index (χ3v) is 3.72. The van der Waals surface area contributed by atoms with Crippen LogP contribution >= 0.6 is 11.3 Å². The van der Waals surface area contributed by atoms with E-state index in [2.05, 4.69) is 17.5 Å².